The Morgan fingerprint density at radius 3 is 2.64 bits per heavy atom. The fourth-order valence-corrected chi connectivity index (χ4v) is 2.46. The van der Waals surface area contributed by atoms with Crippen LogP contribution in [-0.4, -0.2) is 23.9 Å². The Morgan fingerprint density at radius 2 is 2.14 bits per heavy atom. The van der Waals surface area contributed by atoms with E-state index >= 15 is 0 Å². The summed E-state index contributed by atoms with van der Waals surface area (Å²) in [6.45, 7) is 4.79. The van der Waals surface area contributed by atoms with Crippen molar-refractivity contribution < 1.29 is 9.84 Å². The van der Waals surface area contributed by atoms with E-state index in [0.717, 1.165) is 18.4 Å². The molecule has 2 rings (SSSR count). The Morgan fingerprint density at radius 1 is 1.36 bits per heavy atom. The summed E-state index contributed by atoms with van der Waals surface area (Å²) in [5.74, 6) is 2.25. The highest BCUT2D eigenvalue weighted by atomic mass is 16.5. The highest BCUT2D eigenvalue weighted by molar-refractivity contribution is 5.10. The molecule has 2 heteroatoms. The Hall–Kier alpha value is -0.340. The van der Waals surface area contributed by atoms with E-state index in [-0.39, 0.29) is 12.2 Å². The molecule has 0 radical (unpaired) electrons. The van der Waals surface area contributed by atoms with Crippen LogP contribution in [-0.2, 0) is 4.74 Å². The van der Waals surface area contributed by atoms with Crippen LogP contribution in [0.15, 0.2) is 12.2 Å². The summed E-state index contributed by atoms with van der Waals surface area (Å²) in [4.78, 5) is 0. The lowest BCUT2D eigenvalue weighted by Crippen LogP contribution is -2.32. The lowest BCUT2D eigenvalue weighted by molar-refractivity contribution is -0.0696. The van der Waals surface area contributed by atoms with E-state index in [1.165, 1.54) is 12.8 Å². The van der Waals surface area contributed by atoms with Crippen LogP contribution in [0.2, 0.25) is 0 Å². The minimum atomic E-state index is -0.369. The smallest absolute Gasteiger partial charge is 0.0856 e. The predicted octanol–water partition coefficient (Wildman–Crippen LogP) is 1.99. The molecule has 0 heterocycles. The van der Waals surface area contributed by atoms with E-state index in [1.807, 2.05) is 13.8 Å². The number of hydrogen-bond acceptors (Lipinski definition) is 2. The first-order valence-electron chi connectivity index (χ1n) is 5.54. The molecule has 0 amide bonds. The Kier molecular flexibility index (Phi) is 2.67. The number of allylic oxidation sites excluding steroid dienone is 2. The lowest BCUT2D eigenvalue weighted by Gasteiger charge is -2.26. The van der Waals surface area contributed by atoms with E-state index in [4.69, 9.17) is 9.84 Å². The number of aliphatic hydroxyl groups excluding tert-OH is 1. The molecule has 1 saturated carbocycles. The Bertz CT molecular complexity index is 232. The zero-order valence-corrected chi connectivity index (χ0v) is 9.07. The maximum Gasteiger partial charge on any atom is 0.0856 e. The molecule has 2 aliphatic rings. The second-order valence-corrected chi connectivity index (χ2v) is 5.27. The van der Waals surface area contributed by atoms with Crippen LogP contribution in [0.3, 0.4) is 0 Å². The summed E-state index contributed by atoms with van der Waals surface area (Å²) in [5, 5.41) is 9.06. The van der Waals surface area contributed by atoms with Crippen molar-refractivity contribution in [2.24, 2.45) is 17.8 Å². The molecule has 0 spiro atoms. The molecule has 14 heavy (non-hydrogen) atoms. The van der Waals surface area contributed by atoms with Gasteiger partial charge in [0.05, 0.1) is 18.8 Å². The van der Waals surface area contributed by atoms with Gasteiger partial charge in [-0.3, -0.25) is 0 Å². The molecule has 0 aromatic carbocycles. The number of rotatable bonds is 4. The van der Waals surface area contributed by atoms with Gasteiger partial charge in [-0.1, -0.05) is 12.2 Å². The summed E-state index contributed by atoms with van der Waals surface area (Å²) in [7, 11) is 0. The van der Waals surface area contributed by atoms with Gasteiger partial charge in [-0.25, -0.2) is 0 Å². The monoisotopic (exact) mass is 196 g/mol. The van der Waals surface area contributed by atoms with Gasteiger partial charge in [0.1, 0.15) is 0 Å². The van der Waals surface area contributed by atoms with Crippen LogP contribution in [0, 0.1) is 17.8 Å². The molecule has 2 nitrogen and oxygen atoms in total. The summed E-state index contributed by atoms with van der Waals surface area (Å²) in [6, 6.07) is 0. The third-order valence-corrected chi connectivity index (χ3v) is 3.49. The molecule has 2 aliphatic carbocycles. The lowest BCUT2D eigenvalue weighted by atomic mass is 9.94. The number of fused-ring (bicyclic) bond motifs is 2. The molecule has 0 aliphatic heterocycles. The summed E-state index contributed by atoms with van der Waals surface area (Å²) in [5.41, 5.74) is -0.369. The van der Waals surface area contributed by atoms with Gasteiger partial charge in [0.25, 0.3) is 0 Å². The molecule has 2 bridgehead atoms. The average molecular weight is 196 g/mol. The van der Waals surface area contributed by atoms with Gasteiger partial charge in [0.2, 0.25) is 0 Å². The van der Waals surface area contributed by atoms with Crippen molar-refractivity contribution in [2.45, 2.75) is 32.3 Å². The van der Waals surface area contributed by atoms with Crippen LogP contribution in [0.5, 0.6) is 0 Å². The molecule has 1 N–H and O–H groups in total. The van der Waals surface area contributed by atoms with Crippen molar-refractivity contribution in [3.8, 4) is 0 Å². The molecule has 3 atom stereocenters. The molecule has 0 aromatic rings. The van der Waals surface area contributed by atoms with Crippen LogP contribution < -0.4 is 0 Å². The molecular weight excluding hydrogens is 176 g/mol. The van der Waals surface area contributed by atoms with E-state index in [0.29, 0.717) is 5.92 Å². The number of hydrogen-bond donors (Lipinski definition) is 1. The SMILES string of the molecule is CC(C)(CO)OCC1CC2C=CC1C2. The first-order valence-corrected chi connectivity index (χ1v) is 5.54. The minimum absolute atomic E-state index is 0.101. The largest absolute Gasteiger partial charge is 0.393 e. The zero-order chi connectivity index (χ0) is 10.2. The van der Waals surface area contributed by atoms with Gasteiger partial charge >= 0.3 is 0 Å². The topological polar surface area (TPSA) is 29.5 Å². The second-order valence-electron chi connectivity index (χ2n) is 5.27. The minimum Gasteiger partial charge on any atom is -0.393 e. The third kappa shape index (κ3) is 2.01. The molecule has 1 fully saturated rings. The van der Waals surface area contributed by atoms with Gasteiger partial charge < -0.3 is 9.84 Å². The van der Waals surface area contributed by atoms with Crippen molar-refractivity contribution in [2.75, 3.05) is 13.2 Å². The molecular formula is C12H20O2. The van der Waals surface area contributed by atoms with Crippen LogP contribution in [0.4, 0.5) is 0 Å². The van der Waals surface area contributed by atoms with Crippen molar-refractivity contribution in [3.05, 3.63) is 12.2 Å². The van der Waals surface area contributed by atoms with Crippen molar-refractivity contribution in [1.29, 1.82) is 0 Å². The van der Waals surface area contributed by atoms with Crippen molar-refractivity contribution in [3.63, 3.8) is 0 Å². The number of aliphatic hydroxyl groups is 1. The average Bonchev–Trinajstić information content (AvgIpc) is 2.76. The summed E-state index contributed by atoms with van der Waals surface area (Å²) >= 11 is 0. The highest BCUT2D eigenvalue weighted by Gasteiger charge is 2.36. The molecule has 0 saturated heterocycles. The molecule has 3 unspecified atom stereocenters. The van der Waals surface area contributed by atoms with Gasteiger partial charge in [-0.15, -0.1) is 0 Å². The van der Waals surface area contributed by atoms with Gasteiger partial charge in [0, 0.05) is 0 Å². The van der Waals surface area contributed by atoms with Crippen LogP contribution in [0.1, 0.15) is 26.7 Å². The van der Waals surface area contributed by atoms with Crippen molar-refractivity contribution in [1.82, 2.24) is 0 Å². The maximum absolute atomic E-state index is 9.06. The first kappa shape index (κ1) is 10.2. The van der Waals surface area contributed by atoms with Crippen molar-refractivity contribution >= 4 is 0 Å². The van der Waals surface area contributed by atoms with Crippen LogP contribution in [0.25, 0.3) is 0 Å². The van der Waals surface area contributed by atoms with Gasteiger partial charge in [0.15, 0.2) is 0 Å². The van der Waals surface area contributed by atoms with Gasteiger partial charge in [-0.2, -0.15) is 0 Å². The first-order chi connectivity index (χ1) is 6.61. The Balaban J connectivity index is 1.80. The summed E-state index contributed by atoms with van der Waals surface area (Å²) < 4.78 is 5.73. The summed E-state index contributed by atoms with van der Waals surface area (Å²) in [6.07, 6.45) is 7.29. The zero-order valence-electron chi connectivity index (χ0n) is 9.07. The predicted molar refractivity (Wildman–Crippen MR) is 56.0 cm³/mol. The Labute approximate surface area is 86.0 Å². The normalized spacial score (nSPS) is 35.5. The van der Waals surface area contributed by atoms with Gasteiger partial charge in [-0.05, 0) is 44.4 Å². The third-order valence-electron chi connectivity index (χ3n) is 3.49. The second kappa shape index (κ2) is 3.67. The molecule has 80 valence electrons. The fraction of sp³-hybridized carbons (Fsp3) is 0.833. The molecule has 0 aromatic heterocycles. The van der Waals surface area contributed by atoms with E-state index in [2.05, 4.69) is 12.2 Å². The van der Waals surface area contributed by atoms with Crippen LogP contribution >= 0.6 is 0 Å². The quantitative estimate of drug-likeness (QED) is 0.697. The standard InChI is InChI=1S/C12H20O2/c1-12(2,8-13)14-7-11-6-9-3-4-10(11)5-9/h3-4,9-11,13H,5-8H2,1-2H3. The van der Waals surface area contributed by atoms with E-state index < -0.39 is 0 Å². The fourth-order valence-electron chi connectivity index (χ4n) is 2.46. The van der Waals surface area contributed by atoms with E-state index in [9.17, 15) is 0 Å². The maximum atomic E-state index is 9.06. The number of ether oxygens (including phenoxy) is 1. The highest BCUT2D eigenvalue weighted by Crippen LogP contribution is 2.43. The van der Waals surface area contributed by atoms with E-state index in [1.54, 1.807) is 0 Å².